The van der Waals surface area contributed by atoms with Crippen molar-refractivity contribution in [3.63, 3.8) is 0 Å². The van der Waals surface area contributed by atoms with Gasteiger partial charge in [0.05, 0.1) is 5.56 Å². The van der Waals surface area contributed by atoms with Crippen molar-refractivity contribution in [2.45, 2.75) is 25.8 Å². The summed E-state index contributed by atoms with van der Waals surface area (Å²) in [6.45, 7) is 1.86. The largest absolute Gasteiger partial charge is 0.416 e. The lowest BCUT2D eigenvalue weighted by molar-refractivity contribution is -0.137. The number of guanidine groups is 1. The Morgan fingerprint density at radius 1 is 0.926 bits per heavy atom. The first-order valence-corrected chi connectivity index (χ1v) is 8.61. The summed E-state index contributed by atoms with van der Waals surface area (Å²) < 4.78 is 37.8. The van der Waals surface area contributed by atoms with E-state index in [1.54, 1.807) is 7.05 Å². The zero-order chi connectivity index (χ0) is 19.9. The Labute approximate surface area is 158 Å². The van der Waals surface area contributed by atoms with E-state index in [0.29, 0.717) is 19.0 Å². The summed E-state index contributed by atoms with van der Waals surface area (Å²) in [4.78, 5) is 6.26. The smallest absolute Gasteiger partial charge is 0.352 e. The molecule has 0 aromatic heterocycles. The fourth-order valence-electron chi connectivity index (χ4n) is 2.61. The molecule has 0 bridgehead atoms. The summed E-state index contributed by atoms with van der Waals surface area (Å²) in [5.41, 5.74) is 2.46. The topological polar surface area (TPSA) is 39.7 Å². The van der Waals surface area contributed by atoms with Crippen LogP contribution in [-0.4, -0.2) is 32.0 Å². The van der Waals surface area contributed by atoms with Crippen molar-refractivity contribution in [1.29, 1.82) is 0 Å². The highest BCUT2D eigenvalue weighted by molar-refractivity contribution is 5.79. The van der Waals surface area contributed by atoms with Crippen LogP contribution in [0.25, 0.3) is 0 Å². The van der Waals surface area contributed by atoms with Gasteiger partial charge in [-0.05, 0) is 42.9 Å². The SMILES string of the molecule is CN=C(NCc1ccc(C(F)(F)F)cc1)NCc1cccc(CN(C)C)c1. The van der Waals surface area contributed by atoms with Crippen LogP contribution in [-0.2, 0) is 25.8 Å². The molecule has 0 radical (unpaired) electrons. The molecule has 0 aliphatic heterocycles. The number of hydrogen-bond donors (Lipinski definition) is 2. The maximum Gasteiger partial charge on any atom is 0.416 e. The third-order valence-electron chi connectivity index (χ3n) is 3.91. The van der Waals surface area contributed by atoms with E-state index >= 15 is 0 Å². The van der Waals surface area contributed by atoms with Crippen LogP contribution in [0.5, 0.6) is 0 Å². The molecule has 0 unspecified atom stereocenters. The quantitative estimate of drug-likeness (QED) is 0.596. The van der Waals surface area contributed by atoms with Crippen molar-refractivity contribution >= 4 is 5.96 Å². The van der Waals surface area contributed by atoms with E-state index in [4.69, 9.17) is 0 Å². The molecule has 4 nitrogen and oxygen atoms in total. The fraction of sp³-hybridized carbons (Fsp3) is 0.350. The molecule has 2 aromatic carbocycles. The predicted molar refractivity (Wildman–Crippen MR) is 102 cm³/mol. The number of benzene rings is 2. The average Bonchev–Trinajstić information content (AvgIpc) is 2.61. The van der Waals surface area contributed by atoms with E-state index in [-0.39, 0.29) is 0 Å². The number of nitrogens with one attached hydrogen (secondary N) is 2. The molecule has 146 valence electrons. The Morgan fingerprint density at radius 2 is 1.52 bits per heavy atom. The molecule has 0 spiro atoms. The monoisotopic (exact) mass is 378 g/mol. The average molecular weight is 378 g/mol. The van der Waals surface area contributed by atoms with Crippen LogP contribution in [0.2, 0.25) is 0 Å². The first kappa shape index (κ1) is 20.8. The van der Waals surface area contributed by atoms with Crippen molar-refractivity contribution in [3.8, 4) is 0 Å². The van der Waals surface area contributed by atoms with Gasteiger partial charge in [0.1, 0.15) is 0 Å². The van der Waals surface area contributed by atoms with Crippen LogP contribution in [0.4, 0.5) is 13.2 Å². The van der Waals surface area contributed by atoms with Gasteiger partial charge in [-0.2, -0.15) is 13.2 Å². The molecule has 0 saturated heterocycles. The molecular weight excluding hydrogens is 353 g/mol. The fourth-order valence-corrected chi connectivity index (χ4v) is 2.61. The zero-order valence-electron chi connectivity index (χ0n) is 15.8. The van der Waals surface area contributed by atoms with E-state index < -0.39 is 11.7 Å². The molecule has 2 rings (SSSR count). The molecule has 0 heterocycles. The number of halogens is 3. The first-order chi connectivity index (χ1) is 12.8. The third kappa shape index (κ3) is 6.94. The van der Waals surface area contributed by atoms with Crippen LogP contribution in [0.1, 0.15) is 22.3 Å². The van der Waals surface area contributed by atoms with E-state index in [9.17, 15) is 13.2 Å². The minimum atomic E-state index is -4.31. The number of hydrogen-bond acceptors (Lipinski definition) is 2. The van der Waals surface area contributed by atoms with Gasteiger partial charge in [-0.15, -0.1) is 0 Å². The van der Waals surface area contributed by atoms with Crippen molar-refractivity contribution in [2.75, 3.05) is 21.1 Å². The highest BCUT2D eigenvalue weighted by Crippen LogP contribution is 2.29. The minimum absolute atomic E-state index is 0.387. The molecule has 27 heavy (non-hydrogen) atoms. The van der Waals surface area contributed by atoms with Crippen molar-refractivity contribution in [3.05, 3.63) is 70.8 Å². The van der Waals surface area contributed by atoms with Crippen molar-refractivity contribution in [2.24, 2.45) is 4.99 Å². The molecule has 0 aliphatic carbocycles. The Morgan fingerprint density at radius 3 is 2.07 bits per heavy atom. The van der Waals surface area contributed by atoms with E-state index in [1.165, 1.54) is 17.7 Å². The van der Waals surface area contributed by atoms with Gasteiger partial charge in [0.15, 0.2) is 5.96 Å². The standard InChI is InChI=1S/C20H25F3N4/c1-24-19(25-12-15-7-9-18(10-8-15)20(21,22)23)26-13-16-5-4-6-17(11-16)14-27(2)3/h4-11H,12-14H2,1-3H3,(H2,24,25,26). The van der Waals surface area contributed by atoms with Crippen LogP contribution in [0, 0.1) is 0 Å². The number of alkyl halides is 3. The lowest BCUT2D eigenvalue weighted by Crippen LogP contribution is -2.36. The van der Waals surface area contributed by atoms with Gasteiger partial charge in [0, 0.05) is 26.7 Å². The van der Waals surface area contributed by atoms with Gasteiger partial charge in [0.25, 0.3) is 0 Å². The second-order valence-electron chi connectivity index (χ2n) is 6.53. The summed E-state index contributed by atoms with van der Waals surface area (Å²) >= 11 is 0. The molecule has 0 aliphatic rings. The Balaban J connectivity index is 1.87. The first-order valence-electron chi connectivity index (χ1n) is 8.61. The second kappa shape index (κ2) is 9.41. The van der Waals surface area contributed by atoms with Gasteiger partial charge in [-0.25, -0.2) is 0 Å². The van der Waals surface area contributed by atoms with Crippen molar-refractivity contribution in [1.82, 2.24) is 15.5 Å². The van der Waals surface area contributed by atoms with Gasteiger partial charge >= 0.3 is 6.18 Å². The highest BCUT2D eigenvalue weighted by Gasteiger charge is 2.29. The minimum Gasteiger partial charge on any atom is -0.352 e. The summed E-state index contributed by atoms with van der Waals surface area (Å²) in [5, 5.41) is 6.33. The van der Waals surface area contributed by atoms with Crippen LogP contribution in [0.15, 0.2) is 53.5 Å². The predicted octanol–water partition coefficient (Wildman–Crippen LogP) is 3.63. The van der Waals surface area contributed by atoms with Crippen LogP contribution in [0.3, 0.4) is 0 Å². The Bertz CT molecular complexity index is 753. The van der Waals surface area contributed by atoms with Crippen molar-refractivity contribution < 1.29 is 13.2 Å². The molecular formula is C20H25F3N4. The molecule has 7 heteroatoms. The Hall–Kier alpha value is -2.54. The summed E-state index contributed by atoms with van der Waals surface area (Å²) in [6, 6.07) is 13.4. The van der Waals surface area contributed by atoms with Gasteiger partial charge in [-0.1, -0.05) is 36.4 Å². The van der Waals surface area contributed by atoms with Gasteiger partial charge in [-0.3, -0.25) is 4.99 Å². The molecule has 0 saturated carbocycles. The summed E-state index contributed by atoms with van der Waals surface area (Å²) in [6.07, 6.45) is -4.31. The van der Waals surface area contributed by atoms with E-state index in [2.05, 4.69) is 32.7 Å². The van der Waals surface area contributed by atoms with Gasteiger partial charge < -0.3 is 15.5 Å². The molecule has 0 amide bonds. The molecule has 2 N–H and O–H groups in total. The maximum absolute atomic E-state index is 12.6. The van der Waals surface area contributed by atoms with Gasteiger partial charge in [0.2, 0.25) is 0 Å². The number of nitrogens with zero attached hydrogens (tertiary/aromatic N) is 2. The summed E-state index contributed by atoms with van der Waals surface area (Å²) in [5.74, 6) is 0.591. The van der Waals surface area contributed by atoms with Crippen LogP contribution >= 0.6 is 0 Å². The normalized spacial score (nSPS) is 12.3. The maximum atomic E-state index is 12.6. The van der Waals surface area contributed by atoms with Crippen LogP contribution < -0.4 is 10.6 Å². The number of aliphatic imine (C=N–C) groups is 1. The number of rotatable bonds is 6. The highest BCUT2D eigenvalue weighted by atomic mass is 19.4. The molecule has 2 aromatic rings. The lowest BCUT2D eigenvalue weighted by Gasteiger charge is -2.14. The molecule has 0 atom stereocenters. The molecule has 0 fully saturated rings. The van der Waals surface area contributed by atoms with E-state index in [1.807, 2.05) is 26.2 Å². The zero-order valence-corrected chi connectivity index (χ0v) is 15.8. The Kier molecular flexibility index (Phi) is 7.24. The van der Waals surface area contributed by atoms with E-state index in [0.717, 1.165) is 29.8 Å². The summed E-state index contributed by atoms with van der Waals surface area (Å²) in [7, 11) is 5.71. The second-order valence-corrected chi connectivity index (χ2v) is 6.53. The third-order valence-corrected chi connectivity index (χ3v) is 3.91. The lowest BCUT2D eigenvalue weighted by atomic mass is 10.1.